The van der Waals surface area contributed by atoms with Crippen LogP contribution in [0, 0.1) is 0 Å². The molecule has 0 radical (unpaired) electrons. The molecule has 0 atom stereocenters. The Kier molecular flexibility index (Phi) is 9.75. The summed E-state index contributed by atoms with van der Waals surface area (Å²) in [5, 5.41) is 4.05. The van der Waals surface area contributed by atoms with Crippen molar-refractivity contribution in [3.63, 3.8) is 0 Å². The third kappa shape index (κ3) is 6.52. The van der Waals surface area contributed by atoms with E-state index in [1.54, 1.807) is 0 Å². The molecule has 8 heteroatoms. The van der Waals surface area contributed by atoms with Crippen LogP contribution in [0.3, 0.4) is 0 Å². The molecule has 5 nitrogen and oxygen atoms in total. The molecule has 0 bridgehead atoms. The number of benzene rings is 10. The highest BCUT2D eigenvalue weighted by atomic mass is 19.4. The van der Waals surface area contributed by atoms with Crippen LogP contribution in [0.2, 0.25) is 0 Å². The lowest BCUT2D eigenvalue weighted by molar-refractivity contribution is -0.137. The van der Waals surface area contributed by atoms with E-state index >= 15 is 13.2 Å². The molecule has 15 rings (SSSR count). The third-order valence-corrected chi connectivity index (χ3v) is 16.8. The normalized spacial score (nSPS) is 14.0. The highest BCUT2D eigenvalue weighted by Crippen LogP contribution is 2.56. The minimum Gasteiger partial charge on any atom is -0.309 e. The van der Waals surface area contributed by atoms with Crippen molar-refractivity contribution >= 4 is 43.6 Å². The molecule has 0 amide bonds. The maximum absolute atomic E-state index is 16.4. The molecule has 374 valence electrons. The fourth-order valence-corrected chi connectivity index (χ4v) is 13.4. The molecule has 0 spiro atoms. The standard InChI is InChI=1S/C70H48F3N5/c1-68(2)53-29-15-11-24-44(53)46-36-38-58-60(62(46)68)50-26-13-17-32-56(50)77(58)43-34-35-49(67-75-65(41-20-7-5-8-21-41)74-66(76-67)42-22-9-6-10-23-42)52(40-43)48-28-19-31-55(70(71,72)73)64(48)78-57-33-18-14-27-51(57)61-59(78)39-37-47-45-25-12-16-30-54(45)69(3,4)63(47)61/h5-40H,1-4H3. The van der Waals surface area contributed by atoms with Gasteiger partial charge in [-0.05, 0) is 98.6 Å². The topological polar surface area (TPSA) is 48.5 Å². The Hall–Kier alpha value is -9.40. The fraction of sp³-hybridized carbons (Fsp3) is 0.100. The van der Waals surface area contributed by atoms with Gasteiger partial charge in [0, 0.05) is 60.3 Å². The van der Waals surface area contributed by atoms with E-state index < -0.39 is 17.2 Å². The third-order valence-electron chi connectivity index (χ3n) is 16.8. The molecule has 2 aliphatic carbocycles. The molecule has 0 N–H and O–H groups in total. The van der Waals surface area contributed by atoms with Gasteiger partial charge in [0.1, 0.15) is 0 Å². The molecule has 3 aromatic heterocycles. The molecule has 0 aliphatic heterocycles. The smallest absolute Gasteiger partial charge is 0.309 e. The van der Waals surface area contributed by atoms with Gasteiger partial charge >= 0.3 is 6.18 Å². The predicted octanol–water partition coefficient (Wildman–Crippen LogP) is 18.4. The van der Waals surface area contributed by atoms with Gasteiger partial charge in [0.15, 0.2) is 17.5 Å². The Morgan fingerprint density at radius 2 is 0.808 bits per heavy atom. The van der Waals surface area contributed by atoms with Gasteiger partial charge in [-0.15, -0.1) is 0 Å². The molecule has 10 aromatic carbocycles. The van der Waals surface area contributed by atoms with Crippen molar-refractivity contribution in [3.8, 4) is 78.9 Å². The van der Waals surface area contributed by atoms with Crippen LogP contribution in [0.4, 0.5) is 13.2 Å². The van der Waals surface area contributed by atoms with Crippen LogP contribution in [-0.2, 0) is 17.0 Å². The average molecular weight is 1020 g/mol. The van der Waals surface area contributed by atoms with Crippen molar-refractivity contribution in [1.29, 1.82) is 0 Å². The molecule has 13 aromatic rings. The second-order valence-electron chi connectivity index (χ2n) is 21.8. The highest BCUT2D eigenvalue weighted by molar-refractivity contribution is 6.16. The summed E-state index contributed by atoms with van der Waals surface area (Å²) in [5.41, 5.74) is 15.1. The Morgan fingerprint density at radius 3 is 1.36 bits per heavy atom. The van der Waals surface area contributed by atoms with Crippen molar-refractivity contribution < 1.29 is 13.2 Å². The number of fused-ring (bicyclic) bond motifs is 14. The second kappa shape index (κ2) is 16.6. The number of rotatable bonds is 6. The summed E-state index contributed by atoms with van der Waals surface area (Å²) >= 11 is 0. The average Bonchev–Trinajstić information content (AvgIpc) is 4.28. The zero-order chi connectivity index (χ0) is 52.8. The molecule has 0 saturated carbocycles. The van der Waals surface area contributed by atoms with Gasteiger partial charge in [-0.25, -0.2) is 15.0 Å². The lowest BCUT2D eigenvalue weighted by Gasteiger charge is -2.24. The molecule has 0 fully saturated rings. The predicted molar refractivity (Wildman–Crippen MR) is 310 cm³/mol. The molecule has 2 aliphatic rings. The minimum atomic E-state index is -4.77. The zero-order valence-corrected chi connectivity index (χ0v) is 43.2. The van der Waals surface area contributed by atoms with Crippen molar-refractivity contribution in [1.82, 2.24) is 24.1 Å². The Bertz CT molecular complexity index is 4600. The first-order valence-corrected chi connectivity index (χ1v) is 26.4. The molecule has 3 heterocycles. The summed E-state index contributed by atoms with van der Waals surface area (Å²) in [5.74, 6) is 1.21. The lowest BCUT2D eigenvalue weighted by atomic mass is 9.80. The number of aromatic nitrogens is 5. The summed E-state index contributed by atoms with van der Waals surface area (Å²) in [4.78, 5) is 15.5. The van der Waals surface area contributed by atoms with Gasteiger partial charge in [0.2, 0.25) is 0 Å². The number of nitrogens with zero attached hydrogens (tertiary/aromatic N) is 5. The maximum atomic E-state index is 16.4. The summed E-state index contributed by atoms with van der Waals surface area (Å²) < 4.78 is 53.4. The molecule has 0 unspecified atom stereocenters. The van der Waals surface area contributed by atoms with E-state index in [1.807, 2.05) is 108 Å². The van der Waals surface area contributed by atoms with E-state index in [4.69, 9.17) is 15.0 Å². The number of hydrogen-bond acceptors (Lipinski definition) is 3. The van der Waals surface area contributed by atoms with Gasteiger partial charge in [-0.1, -0.05) is 198 Å². The van der Waals surface area contributed by atoms with Crippen LogP contribution >= 0.6 is 0 Å². The maximum Gasteiger partial charge on any atom is 0.418 e. The van der Waals surface area contributed by atoms with Crippen molar-refractivity contribution in [2.75, 3.05) is 0 Å². The Morgan fingerprint density at radius 1 is 0.359 bits per heavy atom. The summed E-state index contributed by atoms with van der Waals surface area (Å²) in [6.07, 6.45) is -4.77. The van der Waals surface area contributed by atoms with Crippen molar-refractivity contribution in [3.05, 3.63) is 246 Å². The Labute approximate surface area is 448 Å². The van der Waals surface area contributed by atoms with Crippen LogP contribution in [0.15, 0.2) is 218 Å². The molecular formula is C70H48F3N5. The van der Waals surface area contributed by atoms with E-state index in [0.29, 0.717) is 45.2 Å². The summed E-state index contributed by atoms with van der Waals surface area (Å²) in [7, 11) is 0. The summed E-state index contributed by atoms with van der Waals surface area (Å²) in [6.45, 7) is 9.05. The van der Waals surface area contributed by atoms with Gasteiger partial charge in [-0.3, -0.25) is 0 Å². The first kappa shape index (κ1) is 45.9. The van der Waals surface area contributed by atoms with E-state index in [0.717, 1.165) is 66.1 Å². The van der Waals surface area contributed by atoms with E-state index in [2.05, 4.69) is 135 Å². The fourth-order valence-electron chi connectivity index (χ4n) is 13.4. The van der Waals surface area contributed by atoms with E-state index in [-0.39, 0.29) is 11.1 Å². The number of halogens is 3. The van der Waals surface area contributed by atoms with Crippen LogP contribution in [0.5, 0.6) is 0 Å². The molecule has 0 saturated heterocycles. The monoisotopic (exact) mass is 1020 g/mol. The first-order chi connectivity index (χ1) is 37.9. The molecule has 78 heavy (non-hydrogen) atoms. The largest absolute Gasteiger partial charge is 0.418 e. The van der Waals surface area contributed by atoms with Crippen LogP contribution < -0.4 is 0 Å². The van der Waals surface area contributed by atoms with Gasteiger partial charge in [0.25, 0.3) is 0 Å². The number of alkyl halides is 3. The highest BCUT2D eigenvalue weighted by Gasteiger charge is 2.41. The van der Waals surface area contributed by atoms with Gasteiger partial charge in [-0.2, -0.15) is 13.2 Å². The van der Waals surface area contributed by atoms with Gasteiger partial charge in [0.05, 0.1) is 33.3 Å². The molecular weight excluding hydrogens is 968 g/mol. The van der Waals surface area contributed by atoms with Crippen LogP contribution in [0.25, 0.3) is 123 Å². The van der Waals surface area contributed by atoms with Crippen LogP contribution in [0.1, 0.15) is 55.5 Å². The van der Waals surface area contributed by atoms with Crippen molar-refractivity contribution in [2.24, 2.45) is 0 Å². The SMILES string of the molecule is CC1(C)c2ccccc2-c2ccc3c(c21)c1ccccc1n3-c1ccc(-c2nc(-c3ccccc3)nc(-c3ccccc3)n2)c(-c2cccc(C(F)(F)F)c2-n2c3ccccc3c3c4c(ccc32)-c2ccccc2C4(C)C)c1. The van der Waals surface area contributed by atoms with E-state index in [9.17, 15) is 0 Å². The number of hydrogen-bond donors (Lipinski definition) is 0. The van der Waals surface area contributed by atoms with Gasteiger partial charge < -0.3 is 9.13 Å². The van der Waals surface area contributed by atoms with Crippen molar-refractivity contribution in [2.45, 2.75) is 44.7 Å². The zero-order valence-electron chi connectivity index (χ0n) is 43.2. The quantitative estimate of drug-likeness (QED) is 0.167. The Balaban J connectivity index is 1.07. The summed E-state index contributed by atoms with van der Waals surface area (Å²) in [6, 6.07) is 72.2. The number of para-hydroxylation sites is 3. The second-order valence-corrected chi connectivity index (χ2v) is 21.8. The van der Waals surface area contributed by atoms with E-state index in [1.165, 1.54) is 39.9 Å². The minimum absolute atomic E-state index is 0.0167. The first-order valence-electron chi connectivity index (χ1n) is 26.4. The lowest BCUT2D eigenvalue weighted by Crippen LogP contribution is -2.15. The van der Waals surface area contributed by atoms with Crippen LogP contribution in [-0.4, -0.2) is 24.1 Å².